The standard InChI is InChI=1S/C12H18F2N4O/c1-6(2)16-12(19)7(3)17-11-9(14)5-8(13)10(15-4)18-11/h5-7H,1-4H3,(H,16,19)(H2,15,17,18). The first kappa shape index (κ1) is 15.1. The van der Waals surface area contributed by atoms with E-state index in [-0.39, 0.29) is 23.6 Å². The van der Waals surface area contributed by atoms with Gasteiger partial charge in [0.05, 0.1) is 0 Å². The Balaban J connectivity index is 2.84. The predicted octanol–water partition coefficient (Wildman–Crippen LogP) is 1.73. The Morgan fingerprint density at radius 1 is 1.21 bits per heavy atom. The van der Waals surface area contributed by atoms with Crippen molar-refractivity contribution in [2.45, 2.75) is 32.9 Å². The smallest absolute Gasteiger partial charge is 0.242 e. The van der Waals surface area contributed by atoms with Gasteiger partial charge in [-0.1, -0.05) is 0 Å². The summed E-state index contributed by atoms with van der Waals surface area (Å²) in [7, 11) is 1.47. The fraction of sp³-hybridized carbons (Fsp3) is 0.500. The average Bonchev–Trinajstić information content (AvgIpc) is 2.31. The van der Waals surface area contributed by atoms with E-state index in [1.54, 1.807) is 6.92 Å². The summed E-state index contributed by atoms with van der Waals surface area (Å²) in [6, 6.07) is 0.0176. The molecule has 1 atom stereocenters. The van der Waals surface area contributed by atoms with Crippen molar-refractivity contribution in [3.05, 3.63) is 17.7 Å². The minimum atomic E-state index is -0.847. The highest BCUT2D eigenvalue weighted by Gasteiger charge is 2.17. The molecule has 3 N–H and O–H groups in total. The van der Waals surface area contributed by atoms with Crippen molar-refractivity contribution >= 4 is 17.5 Å². The Kier molecular flexibility index (Phi) is 5.02. The van der Waals surface area contributed by atoms with Crippen molar-refractivity contribution in [3.63, 3.8) is 0 Å². The van der Waals surface area contributed by atoms with Crippen LogP contribution >= 0.6 is 0 Å². The summed E-state index contributed by atoms with van der Waals surface area (Å²) in [4.78, 5) is 15.4. The molecule has 0 aliphatic carbocycles. The second kappa shape index (κ2) is 6.31. The van der Waals surface area contributed by atoms with E-state index in [1.165, 1.54) is 7.05 Å². The Bertz CT molecular complexity index is 465. The van der Waals surface area contributed by atoms with Crippen LogP contribution in [0, 0.1) is 11.6 Å². The lowest BCUT2D eigenvalue weighted by molar-refractivity contribution is -0.122. The number of pyridine rings is 1. The van der Waals surface area contributed by atoms with E-state index in [9.17, 15) is 13.6 Å². The molecule has 5 nitrogen and oxygen atoms in total. The molecule has 0 saturated heterocycles. The van der Waals surface area contributed by atoms with Crippen LogP contribution in [-0.4, -0.2) is 30.0 Å². The maximum absolute atomic E-state index is 13.5. The van der Waals surface area contributed by atoms with Gasteiger partial charge >= 0.3 is 0 Å². The zero-order chi connectivity index (χ0) is 14.6. The van der Waals surface area contributed by atoms with E-state index in [1.807, 2.05) is 13.8 Å². The number of hydrogen-bond donors (Lipinski definition) is 3. The Morgan fingerprint density at radius 2 is 1.79 bits per heavy atom. The van der Waals surface area contributed by atoms with Crippen LogP contribution in [0.1, 0.15) is 20.8 Å². The highest BCUT2D eigenvalue weighted by Crippen LogP contribution is 2.19. The predicted molar refractivity (Wildman–Crippen MR) is 70.1 cm³/mol. The molecular formula is C12H18F2N4O. The third-order valence-electron chi connectivity index (χ3n) is 2.34. The second-order valence-corrected chi connectivity index (χ2v) is 4.43. The van der Waals surface area contributed by atoms with Crippen LogP contribution < -0.4 is 16.0 Å². The lowest BCUT2D eigenvalue weighted by Crippen LogP contribution is -2.41. The second-order valence-electron chi connectivity index (χ2n) is 4.43. The van der Waals surface area contributed by atoms with Gasteiger partial charge in [0.25, 0.3) is 0 Å². The molecule has 0 aliphatic heterocycles. The Hall–Kier alpha value is -1.92. The molecule has 1 amide bonds. The van der Waals surface area contributed by atoms with Crippen LogP contribution in [0.3, 0.4) is 0 Å². The normalized spacial score (nSPS) is 12.2. The maximum atomic E-state index is 13.5. The zero-order valence-electron chi connectivity index (χ0n) is 11.3. The summed E-state index contributed by atoms with van der Waals surface area (Å²) in [5.41, 5.74) is 0. The van der Waals surface area contributed by atoms with Gasteiger partial charge in [-0.25, -0.2) is 13.8 Å². The van der Waals surface area contributed by atoms with Crippen molar-refractivity contribution in [2.75, 3.05) is 17.7 Å². The van der Waals surface area contributed by atoms with Crippen LogP contribution in [0.2, 0.25) is 0 Å². The molecule has 0 aromatic carbocycles. The van der Waals surface area contributed by atoms with Gasteiger partial charge in [0.2, 0.25) is 5.91 Å². The van der Waals surface area contributed by atoms with Crippen LogP contribution in [0.5, 0.6) is 0 Å². The van der Waals surface area contributed by atoms with Crippen LogP contribution in [0.15, 0.2) is 6.07 Å². The minimum Gasteiger partial charge on any atom is -0.371 e. The number of halogens is 2. The number of carbonyl (C=O) groups is 1. The topological polar surface area (TPSA) is 66.0 Å². The summed E-state index contributed by atoms with van der Waals surface area (Å²) >= 11 is 0. The van der Waals surface area contributed by atoms with Crippen molar-refractivity contribution < 1.29 is 13.6 Å². The van der Waals surface area contributed by atoms with E-state index in [0.29, 0.717) is 6.07 Å². The number of carbonyl (C=O) groups excluding carboxylic acids is 1. The van der Waals surface area contributed by atoms with Crippen LogP contribution in [0.4, 0.5) is 20.4 Å². The fourth-order valence-corrected chi connectivity index (χ4v) is 1.42. The number of aromatic nitrogens is 1. The summed E-state index contributed by atoms with van der Waals surface area (Å²) in [6.45, 7) is 5.21. The van der Waals surface area contributed by atoms with Crippen LogP contribution in [0.25, 0.3) is 0 Å². The summed E-state index contributed by atoms with van der Waals surface area (Å²) in [5.74, 6) is -2.17. The van der Waals surface area contributed by atoms with Crippen molar-refractivity contribution in [2.24, 2.45) is 0 Å². The molecule has 0 saturated carbocycles. The molecule has 0 bridgehead atoms. The monoisotopic (exact) mass is 272 g/mol. The molecule has 0 fully saturated rings. The molecular weight excluding hydrogens is 254 g/mol. The van der Waals surface area contributed by atoms with Gasteiger partial charge in [-0.2, -0.15) is 0 Å². The molecule has 1 unspecified atom stereocenters. The number of amides is 1. The summed E-state index contributed by atoms with van der Waals surface area (Å²) in [5, 5.41) is 7.80. The van der Waals surface area contributed by atoms with E-state index in [4.69, 9.17) is 0 Å². The molecule has 1 aromatic rings. The number of nitrogens with zero attached hydrogens (tertiary/aromatic N) is 1. The third-order valence-corrected chi connectivity index (χ3v) is 2.34. The summed E-state index contributed by atoms with van der Waals surface area (Å²) in [6.07, 6.45) is 0. The van der Waals surface area contributed by atoms with Gasteiger partial charge in [-0.3, -0.25) is 4.79 Å². The summed E-state index contributed by atoms with van der Waals surface area (Å²) < 4.78 is 26.8. The molecule has 1 aromatic heterocycles. The number of nitrogens with one attached hydrogen (secondary N) is 3. The lowest BCUT2D eigenvalue weighted by Gasteiger charge is -2.17. The van der Waals surface area contributed by atoms with E-state index in [2.05, 4.69) is 20.9 Å². The number of rotatable bonds is 5. The van der Waals surface area contributed by atoms with Gasteiger partial charge in [0, 0.05) is 19.2 Å². The molecule has 19 heavy (non-hydrogen) atoms. The van der Waals surface area contributed by atoms with Crippen LogP contribution in [-0.2, 0) is 4.79 Å². The van der Waals surface area contributed by atoms with Crippen molar-refractivity contribution in [3.8, 4) is 0 Å². The third kappa shape index (κ3) is 4.04. The molecule has 1 heterocycles. The van der Waals surface area contributed by atoms with Gasteiger partial charge in [-0.15, -0.1) is 0 Å². The highest BCUT2D eigenvalue weighted by molar-refractivity contribution is 5.84. The van der Waals surface area contributed by atoms with E-state index in [0.717, 1.165) is 0 Å². The first-order valence-electron chi connectivity index (χ1n) is 5.95. The van der Waals surface area contributed by atoms with Gasteiger partial charge in [-0.05, 0) is 20.8 Å². The molecule has 0 spiro atoms. The van der Waals surface area contributed by atoms with Gasteiger partial charge < -0.3 is 16.0 Å². The first-order chi connectivity index (χ1) is 8.85. The molecule has 0 aliphatic rings. The zero-order valence-corrected chi connectivity index (χ0v) is 11.3. The largest absolute Gasteiger partial charge is 0.371 e. The molecule has 7 heteroatoms. The van der Waals surface area contributed by atoms with Crippen molar-refractivity contribution in [1.82, 2.24) is 10.3 Å². The van der Waals surface area contributed by atoms with Gasteiger partial charge in [0.15, 0.2) is 23.3 Å². The molecule has 0 radical (unpaired) electrons. The number of hydrogen-bond acceptors (Lipinski definition) is 4. The number of anilines is 2. The van der Waals surface area contributed by atoms with Crippen molar-refractivity contribution in [1.29, 1.82) is 0 Å². The lowest BCUT2D eigenvalue weighted by atomic mass is 10.2. The minimum absolute atomic E-state index is 0.0179. The SMILES string of the molecule is CNc1nc(NC(C)C(=O)NC(C)C)c(F)cc1F. The Morgan fingerprint density at radius 3 is 2.32 bits per heavy atom. The fourth-order valence-electron chi connectivity index (χ4n) is 1.42. The molecule has 106 valence electrons. The Labute approximate surface area is 110 Å². The quantitative estimate of drug-likeness (QED) is 0.763. The van der Waals surface area contributed by atoms with E-state index < -0.39 is 17.7 Å². The van der Waals surface area contributed by atoms with Gasteiger partial charge in [0.1, 0.15) is 6.04 Å². The average molecular weight is 272 g/mol. The highest BCUT2D eigenvalue weighted by atomic mass is 19.1. The maximum Gasteiger partial charge on any atom is 0.242 e. The molecule has 1 rings (SSSR count). The first-order valence-corrected chi connectivity index (χ1v) is 5.95. The van der Waals surface area contributed by atoms with E-state index >= 15 is 0 Å².